The molecule has 1 fully saturated rings. The summed E-state index contributed by atoms with van der Waals surface area (Å²) in [6.07, 6.45) is 1.49. The molecule has 0 aromatic heterocycles. The van der Waals surface area contributed by atoms with Crippen molar-refractivity contribution in [3.63, 3.8) is 0 Å². The molecule has 1 aromatic rings. The van der Waals surface area contributed by atoms with Gasteiger partial charge in [0.15, 0.2) is 0 Å². The van der Waals surface area contributed by atoms with Gasteiger partial charge in [0.25, 0.3) is 0 Å². The smallest absolute Gasteiger partial charge is 0.407 e. The second-order valence-corrected chi connectivity index (χ2v) is 7.82. The molecule has 1 aliphatic rings. The van der Waals surface area contributed by atoms with E-state index < -0.39 is 11.7 Å². The van der Waals surface area contributed by atoms with Gasteiger partial charge in [-0.05, 0) is 69.4 Å². The van der Waals surface area contributed by atoms with Crippen molar-refractivity contribution in [2.24, 2.45) is 27.6 Å². The predicted octanol–water partition coefficient (Wildman–Crippen LogP) is 1.99. The maximum atomic E-state index is 11.9. The van der Waals surface area contributed by atoms with Crippen molar-refractivity contribution in [1.82, 2.24) is 5.32 Å². The summed E-state index contributed by atoms with van der Waals surface area (Å²) in [4.78, 5) is 11.9. The first-order valence-electron chi connectivity index (χ1n) is 9.66. The Labute approximate surface area is 171 Å². The fourth-order valence-corrected chi connectivity index (χ4v) is 2.65. The molecule has 1 heterocycles. The highest BCUT2D eigenvalue weighted by Gasteiger charge is 2.17. The molecular weight excluding hydrogens is 374 g/mol. The largest absolute Gasteiger partial charge is 0.493 e. The average Bonchev–Trinajstić information content (AvgIpc) is 2.66. The van der Waals surface area contributed by atoms with E-state index in [2.05, 4.69) is 15.5 Å². The van der Waals surface area contributed by atoms with Crippen LogP contribution in [0.2, 0.25) is 0 Å². The number of hydrogen-bond acceptors (Lipinski definition) is 6. The number of carbonyl (C=O) groups excluding carboxylic acids is 1. The van der Waals surface area contributed by atoms with Crippen molar-refractivity contribution in [2.45, 2.75) is 39.2 Å². The van der Waals surface area contributed by atoms with E-state index in [1.807, 2.05) is 24.3 Å². The normalized spacial score (nSPS) is 15.5. The summed E-state index contributed by atoms with van der Waals surface area (Å²) in [6.45, 7) is 7.73. The van der Waals surface area contributed by atoms with E-state index in [1.54, 1.807) is 20.8 Å². The van der Waals surface area contributed by atoms with Gasteiger partial charge in [0, 0.05) is 13.2 Å². The van der Waals surface area contributed by atoms with Gasteiger partial charge in [-0.25, -0.2) is 4.79 Å². The lowest BCUT2D eigenvalue weighted by Gasteiger charge is -2.22. The summed E-state index contributed by atoms with van der Waals surface area (Å²) in [5.74, 6) is 1.11. The van der Waals surface area contributed by atoms with E-state index in [0.29, 0.717) is 18.2 Å². The molecule has 9 nitrogen and oxygen atoms in total. The highest BCUT2D eigenvalue weighted by Crippen LogP contribution is 2.18. The van der Waals surface area contributed by atoms with E-state index in [-0.39, 0.29) is 12.5 Å². The van der Waals surface area contributed by atoms with Crippen LogP contribution in [0.25, 0.3) is 0 Å². The summed E-state index contributed by atoms with van der Waals surface area (Å²) in [7, 11) is 0. The van der Waals surface area contributed by atoms with Crippen molar-refractivity contribution < 1.29 is 19.0 Å². The number of nitrogens with two attached hydrogens (primary N) is 2. The SMILES string of the molecule is CC(C)(C)OC(=O)NC/C(=N\N=C(N)N)c1ccc(OCC2CCOCC2)cc1. The maximum Gasteiger partial charge on any atom is 0.407 e. The molecule has 1 aliphatic heterocycles. The zero-order valence-electron chi connectivity index (χ0n) is 17.3. The molecule has 0 spiro atoms. The van der Waals surface area contributed by atoms with E-state index in [0.717, 1.165) is 37.4 Å². The standard InChI is InChI=1S/C20H31N5O4/c1-20(2,3)29-19(26)23-12-17(24-25-18(21)22)15-4-6-16(7-5-15)28-13-14-8-10-27-11-9-14/h4-7,14H,8-13H2,1-3H3,(H,23,26)(H4,21,22,25)/b24-17+. The van der Waals surface area contributed by atoms with Gasteiger partial charge in [0.2, 0.25) is 5.96 Å². The number of nitrogens with zero attached hydrogens (tertiary/aromatic N) is 2. The van der Waals surface area contributed by atoms with Gasteiger partial charge in [0.1, 0.15) is 11.4 Å². The number of alkyl carbamates (subject to hydrolysis) is 1. The number of ether oxygens (including phenoxy) is 3. The molecular formula is C20H31N5O4. The molecule has 0 aliphatic carbocycles. The molecule has 0 radical (unpaired) electrons. The van der Waals surface area contributed by atoms with Crippen LogP contribution in [0, 0.1) is 5.92 Å². The third kappa shape index (κ3) is 8.82. The monoisotopic (exact) mass is 405 g/mol. The molecule has 0 atom stereocenters. The van der Waals surface area contributed by atoms with Crippen LogP contribution in [-0.4, -0.2) is 49.7 Å². The van der Waals surface area contributed by atoms with Crippen molar-refractivity contribution in [2.75, 3.05) is 26.4 Å². The Morgan fingerprint density at radius 1 is 1.17 bits per heavy atom. The molecule has 160 valence electrons. The zero-order chi connectivity index (χ0) is 21.3. The third-order valence-electron chi connectivity index (χ3n) is 4.10. The van der Waals surface area contributed by atoms with Gasteiger partial charge >= 0.3 is 6.09 Å². The van der Waals surface area contributed by atoms with Crippen LogP contribution in [0.3, 0.4) is 0 Å². The number of benzene rings is 1. The number of hydrogen-bond donors (Lipinski definition) is 3. The number of amides is 1. The second kappa shape index (κ2) is 10.7. The van der Waals surface area contributed by atoms with Gasteiger partial charge in [-0.2, -0.15) is 0 Å². The maximum absolute atomic E-state index is 11.9. The van der Waals surface area contributed by atoms with E-state index in [1.165, 1.54) is 0 Å². The molecule has 0 saturated carbocycles. The Morgan fingerprint density at radius 3 is 2.41 bits per heavy atom. The number of guanidine groups is 1. The van der Waals surface area contributed by atoms with Gasteiger partial charge in [-0.3, -0.25) is 0 Å². The lowest BCUT2D eigenvalue weighted by atomic mass is 10.0. The van der Waals surface area contributed by atoms with Gasteiger partial charge in [-0.1, -0.05) is 0 Å². The van der Waals surface area contributed by atoms with E-state index >= 15 is 0 Å². The summed E-state index contributed by atoms with van der Waals surface area (Å²) >= 11 is 0. The molecule has 0 bridgehead atoms. The molecule has 1 saturated heterocycles. The van der Waals surface area contributed by atoms with Gasteiger partial charge < -0.3 is 31.0 Å². The van der Waals surface area contributed by atoms with Crippen LogP contribution in [0.15, 0.2) is 34.5 Å². The Kier molecular flexibility index (Phi) is 8.26. The Balaban J connectivity index is 1.99. The quantitative estimate of drug-likeness (QED) is 0.361. The molecule has 1 amide bonds. The zero-order valence-corrected chi connectivity index (χ0v) is 17.3. The van der Waals surface area contributed by atoms with Crippen molar-refractivity contribution in [3.05, 3.63) is 29.8 Å². The minimum atomic E-state index is -0.593. The fraction of sp³-hybridized carbons (Fsp3) is 0.550. The minimum absolute atomic E-state index is 0.105. The molecule has 9 heteroatoms. The third-order valence-corrected chi connectivity index (χ3v) is 4.10. The van der Waals surface area contributed by atoms with Crippen LogP contribution in [-0.2, 0) is 9.47 Å². The lowest BCUT2D eigenvalue weighted by molar-refractivity contribution is 0.0497. The topological polar surface area (TPSA) is 134 Å². The minimum Gasteiger partial charge on any atom is -0.493 e. The highest BCUT2D eigenvalue weighted by molar-refractivity contribution is 6.03. The first-order valence-corrected chi connectivity index (χ1v) is 9.66. The molecule has 0 unspecified atom stereocenters. The van der Waals surface area contributed by atoms with Crippen molar-refractivity contribution in [3.8, 4) is 5.75 Å². The Bertz CT molecular complexity index is 715. The van der Waals surface area contributed by atoms with Crippen LogP contribution in [0.5, 0.6) is 5.75 Å². The van der Waals surface area contributed by atoms with Crippen molar-refractivity contribution in [1.29, 1.82) is 0 Å². The van der Waals surface area contributed by atoms with Crippen LogP contribution < -0.4 is 21.5 Å². The summed E-state index contributed by atoms with van der Waals surface area (Å²) in [5.41, 5.74) is 11.4. The van der Waals surface area contributed by atoms with E-state index in [4.69, 9.17) is 25.7 Å². The fourth-order valence-electron chi connectivity index (χ4n) is 2.65. The summed E-state index contributed by atoms with van der Waals surface area (Å²) < 4.78 is 16.5. The van der Waals surface area contributed by atoms with Crippen LogP contribution in [0.1, 0.15) is 39.2 Å². The molecule has 5 N–H and O–H groups in total. The van der Waals surface area contributed by atoms with E-state index in [9.17, 15) is 4.79 Å². The average molecular weight is 405 g/mol. The van der Waals surface area contributed by atoms with Gasteiger partial charge in [-0.15, -0.1) is 10.2 Å². The predicted molar refractivity (Wildman–Crippen MR) is 112 cm³/mol. The number of nitrogens with one attached hydrogen (secondary N) is 1. The molecule has 1 aromatic carbocycles. The van der Waals surface area contributed by atoms with Crippen LogP contribution in [0.4, 0.5) is 4.79 Å². The summed E-state index contributed by atoms with van der Waals surface area (Å²) in [5, 5.41) is 10.4. The molecule has 29 heavy (non-hydrogen) atoms. The number of rotatable bonds is 7. The van der Waals surface area contributed by atoms with Gasteiger partial charge in [0.05, 0.1) is 18.9 Å². The first-order chi connectivity index (χ1) is 13.7. The first kappa shape index (κ1) is 22.5. The summed E-state index contributed by atoms with van der Waals surface area (Å²) in [6, 6.07) is 7.40. The Morgan fingerprint density at radius 2 is 1.83 bits per heavy atom. The second-order valence-electron chi connectivity index (χ2n) is 7.82. The number of carbonyl (C=O) groups is 1. The highest BCUT2D eigenvalue weighted by atomic mass is 16.6. The van der Waals surface area contributed by atoms with Crippen LogP contribution >= 0.6 is 0 Å². The Hall–Kier alpha value is -2.81. The lowest BCUT2D eigenvalue weighted by Crippen LogP contribution is -2.35. The van der Waals surface area contributed by atoms with Crippen molar-refractivity contribution >= 4 is 17.8 Å². The molecule has 2 rings (SSSR count).